The van der Waals surface area contributed by atoms with Crippen molar-refractivity contribution in [1.29, 1.82) is 0 Å². The Morgan fingerprint density at radius 1 is 1.38 bits per heavy atom. The zero-order chi connectivity index (χ0) is 15.4. The Labute approximate surface area is 124 Å². The van der Waals surface area contributed by atoms with Crippen molar-refractivity contribution in [3.8, 4) is 0 Å². The van der Waals surface area contributed by atoms with Crippen LogP contribution in [-0.2, 0) is 0 Å². The third-order valence-corrected chi connectivity index (χ3v) is 4.05. The fourth-order valence-corrected chi connectivity index (χ4v) is 2.91. The van der Waals surface area contributed by atoms with Crippen molar-refractivity contribution in [2.24, 2.45) is 5.92 Å². The average molecular weight is 293 g/mol. The molecule has 7 nitrogen and oxygen atoms in total. The van der Waals surface area contributed by atoms with Gasteiger partial charge in [0.2, 0.25) is 11.8 Å². The van der Waals surface area contributed by atoms with Gasteiger partial charge in [0, 0.05) is 12.6 Å². The van der Waals surface area contributed by atoms with Crippen molar-refractivity contribution in [3.05, 3.63) is 15.8 Å². The highest BCUT2D eigenvalue weighted by Crippen LogP contribution is 2.32. The molecular weight excluding hydrogens is 270 g/mol. The van der Waals surface area contributed by atoms with Crippen LogP contribution in [0, 0.1) is 23.0 Å². The Morgan fingerprint density at radius 3 is 2.62 bits per heavy atom. The molecular formula is C14H23N5O2. The lowest BCUT2D eigenvalue weighted by molar-refractivity contribution is -0.385. The van der Waals surface area contributed by atoms with Crippen LogP contribution in [0.1, 0.15) is 45.2 Å². The molecule has 7 heteroatoms. The second kappa shape index (κ2) is 6.69. The Balaban J connectivity index is 2.27. The summed E-state index contributed by atoms with van der Waals surface area (Å²) < 4.78 is 0. The molecule has 0 aromatic carbocycles. The maximum Gasteiger partial charge on any atom is 0.332 e. The van der Waals surface area contributed by atoms with Crippen LogP contribution in [0.2, 0.25) is 0 Å². The molecule has 0 aliphatic heterocycles. The lowest BCUT2D eigenvalue weighted by Gasteiger charge is -2.21. The molecule has 0 radical (unpaired) electrons. The molecule has 1 saturated carbocycles. The molecule has 1 atom stereocenters. The van der Waals surface area contributed by atoms with Gasteiger partial charge in [-0.2, -0.15) is 4.98 Å². The maximum atomic E-state index is 11.3. The number of nitrogens with one attached hydrogen (secondary N) is 2. The van der Waals surface area contributed by atoms with E-state index in [1.165, 1.54) is 25.7 Å². The predicted octanol–water partition coefficient (Wildman–Crippen LogP) is 3.12. The molecule has 0 spiro atoms. The molecule has 1 aromatic heterocycles. The molecule has 21 heavy (non-hydrogen) atoms. The summed E-state index contributed by atoms with van der Waals surface area (Å²) in [6.07, 6.45) is 4.83. The number of nitro groups is 1. The normalized spacial score (nSPS) is 16.7. The summed E-state index contributed by atoms with van der Waals surface area (Å²) in [7, 11) is 0. The predicted molar refractivity (Wildman–Crippen MR) is 82.6 cm³/mol. The highest BCUT2D eigenvalue weighted by Gasteiger charge is 2.27. The minimum Gasteiger partial charge on any atom is -0.361 e. The molecule has 2 rings (SSSR count). The van der Waals surface area contributed by atoms with E-state index in [9.17, 15) is 10.1 Å². The Bertz CT molecular complexity index is 514. The molecule has 1 aromatic rings. The standard InChI is InChI=1S/C14H23N5O2/c1-4-15-14-17-10(3)12(19(20)21)13(18-14)16-9(2)11-7-5-6-8-11/h9,11H,4-8H2,1-3H3,(H2,15,16,17,18). The van der Waals surface area contributed by atoms with Crippen molar-refractivity contribution < 1.29 is 4.92 Å². The summed E-state index contributed by atoms with van der Waals surface area (Å²) in [6, 6.07) is 0.176. The van der Waals surface area contributed by atoms with Gasteiger partial charge in [-0.1, -0.05) is 12.8 Å². The van der Waals surface area contributed by atoms with Gasteiger partial charge in [0.1, 0.15) is 5.69 Å². The van der Waals surface area contributed by atoms with E-state index in [0.717, 1.165) is 0 Å². The fraction of sp³-hybridized carbons (Fsp3) is 0.714. The zero-order valence-electron chi connectivity index (χ0n) is 12.8. The number of nitrogens with zero attached hydrogens (tertiary/aromatic N) is 3. The van der Waals surface area contributed by atoms with Gasteiger partial charge in [0.05, 0.1) is 4.92 Å². The van der Waals surface area contributed by atoms with Crippen molar-refractivity contribution >= 4 is 17.5 Å². The van der Waals surface area contributed by atoms with Crippen molar-refractivity contribution in [3.63, 3.8) is 0 Å². The van der Waals surface area contributed by atoms with E-state index in [2.05, 4.69) is 27.5 Å². The highest BCUT2D eigenvalue weighted by atomic mass is 16.6. The molecule has 0 bridgehead atoms. The van der Waals surface area contributed by atoms with Crippen LogP contribution >= 0.6 is 0 Å². The third kappa shape index (κ3) is 3.59. The van der Waals surface area contributed by atoms with Gasteiger partial charge in [0.25, 0.3) is 0 Å². The van der Waals surface area contributed by atoms with Crippen molar-refractivity contribution in [2.45, 2.75) is 52.5 Å². The first-order valence-corrected chi connectivity index (χ1v) is 7.56. The lowest BCUT2D eigenvalue weighted by Crippen LogP contribution is -2.25. The monoisotopic (exact) mass is 293 g/mol. The summed E-state index contributed by atoms with van der Waals surface area (Å²) in [4.78, 5) is 19.3. The fourth-order valence-electron chi connectivity index (χ4n) is 2.91. The van der Waals surface area contributed by atoms with Gasteiger partial charge < -0.3 is 10.6 Å². The number of aromatic nitrogens is 2. The molecule has 1 heterocycles. The van der Waals surface area contributed by atoms with Crippen LogP contribution in [0.15, 0.2) is 0 Å². The van der Waals surface area contributed by atoms with Crippen molar-refractivity contribution in [2.75, 3.05) is 17.2 Å². The van der Waals surface area contributed by atoms with E-state index in [4.69, 9.17) is 0 Å². The first-order chi connectivity index (χ1) is 10.0. The second-order valence-corrected chi connectivity index (χ2v) is 5.59. The minimum atomic E-state index is -0.408. The molecule has 0 amide bonds. The number of hydrogen-bond donors (Lipinski definition) is 2. The van der Waals surface area contributed by atoms with Gasteiger partial charge >= 0.3 is 5.69 Å². The van der Waals surface area contributed by atoms with E-state index >= 15 is 0 Å². The van der Waals surface area contributed by atoms with E-state index < -0.39 is 4.92 Å². The SMILES string of the molecule is CCNc1nc(C)c([N+](=O)[O-])c(NC(C)C2CCCC2)n1. The zero-order valence-corrected chi connectivity index (χ0v) is 12.8. The van der Waals surface area contributed by atoms with Gasteiger partial charge in [-0.25, -0.2) is 4.98 Å². The summed E-state index contributed by atoms with van der Waals surface area (Å²) in [6.45, 7) is 6.33. The molecule has 1 fully saturated rings. The quantitative estimate of drug-likeness (QED) is 0.618. The van der Waals surface area contributed by atoms with Crippen LogP contribution < -0.4 is 10.6 Å². The smallest absolute Gasteiger partial charge is 0.332 e. The summed E-state index contributed by atoms with van der Waals surface area (Å²) in [5.74, 6) is 1.31. The van der Waals surface area contributed by atoms with Crippen LogP contribution in [0.25, 0.3) is 0 Å². The van der Waals surface area contributed by atoms with Crippen molar-refractivity contribution in [1.82, 2.24) is 9.97 Å². The Kier molecular flexibility index (Phi) is 4.93. The summed E-state index contributed by atoms with van der Waals surface area (Å²) in [5, 5.41) is 17.5. The van der Waals surface area contributed by atoms with Crippen LogP contribution in [0.3, 0.4) is 0 Å². The molecule has 1 unspecified atom stereocenters. The first-order valence-electron chi connectivity index (χ1n) is 7.56. The number of rotatable bonds is 6. The lowest BCUT2D eigenvalue weighted by atomic mass is 10.00. The highest BCUT2D eigenvalue weighted by molar-refractivity contribution is 5.61. The molecule has 1 aliphatic rings. The van der Waals surface area contributed by atoms with E-state index in [0.29, 0.717) is 29.9 Å². The Hall–Kier alpha value is -1.92. The average Bonchev–Trinajstić information content (AvgIpc) is 2.91. The number of aryl methyl sites for hydroxylation is 1. The third-order valence-electron chi connectivity index (χ3n) is 4.05. The molecule has 0 saturated heterocycles. The first kappa shape index (κ1) is 15.5. The number of hydrogen-bond acceptors (Lipinski definition) is 6. The Morgan fingerprint density at radius 2 is 2.05 bits per heavy atom. The summed E-state index contributed by atoms with van der Waals surface area (Å²) >= 11 is 0. The number of anilines is 2. The topological polar surface area (TPSA) is 93.0 Å². The van der Waals surface area contributed by atoms with Crippen LogP contribution in [0.4, 0.5) is 17.5 Å². The van der Waals surface area contributed by atoms with E-state index in [1.54, 1.807) is 6.92 Å². The van der Waals surface area contributed by atoms with Gasteiger partial charge in [-0.3, -0.25) is 10.1 Å². The maximum absolute atomic E-state index is 11.3. The van der Waals surface area contributed by atoms with Crippen LogP contribution in [-0.4, -0.2) is 27.5 Å². The van der Waals surface area contributed by atoms with E-state index in [-0.39, 0.29) is 11.7 Å². The molecule has 1 aliphatic carbocycles. The van der Waals surface area contributed by atoms with Gasteiger partial charge in [-0.15, -0.1) is 0 Å². The largest absolute Gasteiger partial charge is 0.361 e. The molecule has 2 N–H and O–H groups in total. The van der Waals surface area contributed by atoms with Crippen LogP contribution in [0.5, 0.6) is 0 Å². The van der Waals surface area contributed by atoms with Gasteiger partial charge in [0.15, 0.2) is 0 Å². The second-order valence-electron chi connectivity index (χ2n) is 5.59. The van der Waals surface area contributed by atoms with E-state index in [1.807, 2.05) is 6.92 Å². The van der Waals surface area contributed by atoms with Gasteiger partial charge in [-0.05, 0) is 39.5 Å². The molecule has 116 valence electrons. The summed E-state index contributed by atoms with van der Waals surface area (Å²) in [5.41, 5.74) is 0.355. The minimum absolute atomic E-state index is 0.0264.